The summed E-state index contributed by atoms with van der Waals surface area (Å²) in [6.45, 7) is 0.408. The lowest BCUT2D eigenvalue weighted by Crippen LogP contribution is -2.07. The number of fused-ring (bicyclic) bond motifs is 1. The van der Waals surface area contributed by atoms with Crippen LogP contribution >= 0.6 is 0 Å². The molecule has 0 aliphatic rings. The highest BCUT2D eigenvalue weighted by Crippen LogP contribution is 2.20. The molecule has 0 unspecified atom stereocenters. The van der Waals surface area contributed by atoms with E-state index in [1.165, 1.54) is 30.6 Å². The summed E-state index contributed by atoms with van der Waals surface area (Å²) < 4.78 is 39.5. The van der Waals surface area contributed by atoms with Gasteiger partial charge < -0.3 is 5.32 Å². The van der Waals surface area contributed by atoms with Crippen molar-refractivity contribution in [3.8, 4) is 0 Å². The van der Waals surface area contributed by atoms with Gasteiger partial charge in [-0.1, -0.05) is 0 Å². The van der Waals surface area contributed by atoms with Crippen molar-refractivity contribution in [1.82, 2.24) is 9.97 Å². The number of rotatable bonds is 4. The molecule has 0 spiro atoms. The van der Waals surface area contributed by atoms with E-state index in [1.807, 2.05) is 0 Å². The minimum absolute atomic E-state index is 0.377. The van der Waals surface area contributed by atoms with E-state index >= 15 is 0 Å². The SMILES string of the molecule is Fc1cc(F)cc(CCNc2ncnc3ccc(F)cc23)c1. The normalized spacial score (nSPS) is 10.9. The van der Waals surface area contributed by atoms with Crippen molar-refractivity contribution in [2.75, 3.05) is 11.9 Å². The molecule has 3 nitrogen and oxygen atoms in total. The number of halogens is 3. The average Bonchev–Trinajstić information content (AvgIpc) is 2.46. The molecule has 0 aliphatic carbocycles. The number of anilines is 1. The Morgan fingerprint density at radius 3 is 2.41 bits per heavy atom. The highest BCUT2D eigenvalue weighted by molar-refractivity contribution is 5.88. The van der Waals surface area contributed by atoms with Gasteiger partial charge in [0.15, 0.2) is 0 Å². The maximum atomic E-state index is 13.3. The van der Waals surface area contributed by atoms with Gasteiger partial charge in [-0.2, -0.15) is 0 Å². The minimum Gasteiger partial charge on any atom is -0.369 e. The molecule has 1 aromatic heterocycles. The van der Waals surface area contributed by atoms with Crippen molar-refractivity contribution in [1.29, 1.82) is 0 Å². The molecular weight excluding hydrogens is 291 g/mol. The molecule has 6 heteroatoms. The second-order valence-electron chi connectivity index (χ2n) is 4.84. The van der Waals surface area contributed by atoms with Gasteiger partial charge in [0.1, 0.15) is 29.6 Å². The smallest absolute Gasteiger partial charge is 0.137 e. The van der Waals surface area contributed by atoms with E-state index in [0.29, 0.717) is 35.2 Å². The Morgan fingerprint density at radius 1 is 0.864 bits per heavy atom. The Labute approximate surface area is 124 Å². The van der Waals surface area contributed by atoms with E-state index in [0.717, 1.165) is 6.07 Å². The van der Waals surface area contributed by atoms with Crippen molar-refractivity contribution >= 4 is 16.7 Å². The Bertz CT molecular complexity index is 801. The highest BCUT2D eigenvalue weighted by Gasteiger charge is 2.05. The van der Waals surface area contributed by atoms with Crippen LogP contribution in [-0.2, 0) is 6.42 Å². The summed E-state index contributed by atoms with van der Waals surface area (Å²) in [5.74, 6) is -1.10. The summed E-state index contributed by atoms with van der Waals surface area (Å²) in [6.07, 6.45) is 1.79. The highest BCUT2D eigenvalue weighted by atomic mass is 19.1. The van der Waals surface area contributed by atoms with E-state index in [4.69, 9.17) is 0 Å². The van der Waals surface area contributed by atoms with E-state index in [-0.39, 0.29) is 5.82 Å². The second kappa shape index (κ2) is 6.01. The molecule has 3 rings (SSSR count). The first-order valence-corrected chi connectivity index (χ1v) is 6.71. The fourth-order valence-electron chi connectivity index (χ4n) is 2.25. The maximum Gasteiger partial charge on any atom is 0.137 e. The number of nitrogens with zero attached hydrogens (tertiary/aromatic N) is 2. The topological polar surface area (TPSA) is 37.8 Å². The van der Waals surface area contributed by atoms with Crippen LogP contribution in [0.3, 0.4) is 0 Å². The van der Waals surface area contributed by atoms with E-state index in [1.54, 1.807) is 6.07 Å². The van der Waals surface area contributed by atoms with Crippen LogP contribution in [0.4, 0.5) is 19.0 Å². The third-order valence-electron chi connectivity index (χ3n) is 3.23. The fraction of sp³-hybridized carbons (Fsp3) is 0.125. The molecule has 0 aliphatic heterocycles. The minimum atomic E-state index is -0.607. The standard InChI is InChI=1S/C16H12F3N3/c17-11-1-2-15-14(8-11)16(22-9-21-15)20-4-3-10-5-12(18)7-13(19)6-10/h1-2,5-9H,3-4H2,(H,20,21,22). The lowest BCUT2D eigenvalue weighted by atomic mass is 10.1. The molecule has 0 bridgehead atoms. The first-order valence-electron chi connectivity index (χ1n) is 6.71. The van der Waals surface area contributed by atoms with Gasteiger partial charge in [0.05, 0.1) is 5.52 Å². The summed E-state index contributed by atoms with van der Waals surface area (Å²) in [5, 5.41) is 3.60. The molecule has 0 atom stereocenters. The number of hydrogen-bond acceptors (Lipinski definition) is 3. The molecule has 22 heavy (non-hydrogen) atoms. The van der Waals surface area contributed by atoms with Gasteiger partial charge >= 0.3 is 0 Å². The van der Waals surface area contributed by atoms with Crippen LogP contribution in [-0.4, -0.2) is 16.5 Å². The molecule has 0 fully saturated rings. The van der Waals surface area contributed by atoms with Crippen LogP contribution in [0.5, 0.6) is 0 Å². The summed E-state index contributed by atoms with van der Waals surface area (Å²) in [5.41, 5.74) is 1.16. The molecule has 0 saturated carbocycles. The van der Waals surface area contributed by atoms with Gasteiger partial charge in [-0.05, 0) is 42.3 Å². The number of nitrogens with one attached hydrogen (secondary N) is 1. The van der Waals surface area contributed by atoms with Gasteiger partial charge in [0, 0.05) is 18.0 Å². The zero-order valence-electron chi connectivity index (χ0n) is 11.5. The summed E-state index contributed by atoms with van der Waals surface area (Å²) in [4.78, 5) is 8.13. The summed E-state index contributed by atoms with van der Waals surface area (Å²) in [6, 6.07) is 7.64. The van der Waals surface area contributed by atoms with Crippen LogP contribution in [0.25, 0.3) is 10.9 Å². The summed E-state index contributed by atoms with van der Waals surface area (Å²) >= 11 is 0. The zero-order chi connectivity index (χ0) is 15.5. The second-order valence-corrected chi connectivity index (χ2v) is 4.84. The Balaban J connectivity index is 1.75. The summed E-state index contributed by atoms with van der Waals surface area (Å²) in [7, 11) is 0. The van der Waals surface area contributed by atoms with E-state index in [9.17, 15) is 13.2 Å². The first kappa shape index (κ1) is 14.3. The molecule has 0 amide bonds. The van der Waals surface area contributed by atoms with Crippen LogP contribution in [0.1, 0.15) is 5.56 Å². The fourth-order valence-corrected chi connectivity index (χ4v) is 2.25. The third-order valence-corrected chi connectivity index (χ3v) is 3.23. The largest absolute Gasteiger partial charge is 0.369 e. The molecular formula is C16H12F3N3. The number of benzene rings is 2. The predicted molar refractivity (Wildman–Crippen MR) is 78.0 cm³/mol. The van der Waals surface area contributed by atoms with Gasteiger partial charge in [0.2, 0.25) is 0 Å². The zero-order valence-corrected chi connectivity index (χ0v) is 11.5. The van der Waals surface area contributed by atoms with Crippen molar-refractivity contribution in [3.63, 3.8) is 0 Å². The average molecular weight is 303 g/mol. The van der Waals surface area contributed by atoms with Gasteiger partial charge in [0.25, 0.3) is 0 Å². The lowest BCUT2D eigenvalue weighted by molar-refractivity contribution is 0.580. The molecule has 0 saturated heterocycles. The molecule has 1 heterocycles. The molecule has 0 radical (unpaired) electrons. The van der Waals surface area contributed by atoms with Crippen molar-refractivity contribution in [2.24, 2.45) is 0 Å². The number of hydrogen-bond donors (Lipinski definition) is 1. The Hall–Kier alpha value is -2.63. The quantitative estimate of drug-likeness (QED) is 0.798. The molecule has 112 valence electrons. The van der Waals surface area contributed by atoms with Crippen molar-refractivity contribution < 1.29 is 13.2 Å². The van der Waals surface area contributed by atoms with E-state index in [2.05, 4.69) is 15.3 Å². The van der Waals surface area contributed by atoms with Gasteiger partial charge in [-0.3, -0.25) is 0 Å². The van der Waals surface area contributed by atoms with Crippen LogP contribution < -0.4 is 5.32 Å². The van der Waals surface area contributed by atoms with Crippen LogP contribution in [0.15, 0.2) is 42.7 Å². The Morgan fingerprint density at radius 2 is 1.64 bits per heavy atom. The molecule has 1 N–H and O–H groups in total. The predicted octanol–water partition coefficient (Wildman–Crippen LogP) is 3.70. The number of aromatic nitrogens is 2. The van der Waals surface area contributed by atoms with Gasteiger partial charge in [-0.15, -0.1) is 0 Å². The molecule has 2 aromatic carbocycles. The first-order chi connectivity index (χ1) is 10.6. The van der Waals surface area contributed by atoms with E-state index < -0.39 is 11.6 Å². The molecule has 3 aromatic rings. The Kier molecular flexibility index (Phi) is 3.91. The maximum absolute atomic E-state index is 13.3. The van der Waals surface area contributed by atoms with Gasteiger partial charge in [-0.25, -0.2) is 23.1 Å². The van der Waals surface area contributed by atoms with Crippen LogP contribution in [0.2, 0.25) is 0 Å². The third kappa shape index (κ3) is 3.16. The van der Waals surface area contributed by atoms with Crippen molar-refractivity contribution in [2.45, 2.75) is 6.42 Å². The van der Waals surface area contributed by atoms with Crippen LogP contribution in [0, 0.1) is 17.5 Å². The monoisotopic (exact) mass is 303 g/mol. The lowest BCUT2D eigenvalue weighted by Gasteiger charge is -2.08. The van der Waals surface area contributed by atoms with Crippen molar-refractivity contribution in [3.05, 3.63) is 65.7 Å².